The fraction of sp³-hybridized carbons (Fsp3) is 0.333. The number of fused-ring (bicyclic) bond motifs is 4. The number of pyridine rings is 2. The van der Waals surface area contributed by atoms with Crippen molar-refractivity contribution in [3.8, 4) is 5.88 Å². The van der Waals surface area contributed by atoms with Gasteiger partial charge in [-0.15, -0.1) is 0 Å². The SMILES string of the molecule is CCOc1ccc(NC(=O)c2ccc([C@@H]3O[C@H]4CN[C@@H]3C4)cc2)cn1.O=C(Nc1ccc(Cl)nc1)c1ccc([C@@H]2O[C@H]3CN[C@@H]2C3)cc1. The molecule has 0 spiro atoms. The van der Waals surface area contributed by atoms with Gasteiger partial charge in [-0.1, -0.05) is 35.9 Å². The Bertz CT molecular complexity index is 1720. The van der Waals surface area contributed by atoms with E-state index in [4.69, 9.17) is 25.8 Å². The molecule has 4 aromatic rings. The molecule has 0 aliphatic carbocycles. The number of nitrogens with one attached hydrogen (secondary N) is 4. The number of ether oxygens (including phenoxy) is 3. The highest BCUT2D eigenvalue weighted by Crippen LogP contribution is 2.38. The van der Waals surface area contributed by atoms with Crippen molar-refractivity contribution in [2.45, 2.75) is 56.3 Å². The van der Waals surface area contributed by atoms with Gasteiger partial charge in [-0.05, 0) is 73.4 Å². The number of anilines is 2. The highest BCUT2D eigenvalue weighted by atomic mass is 35.5. The van der Waals surface area contributed by atoms with Crippen molar-refractivity contribution in [2.75, 3.05) is 30.3 Å². The monoisotopic (exact) mass is 668 g/mol. The molecular formula is C36H37ClN6O5. The fourth-order valence-electron chi connectivity index (χ4n) is 6.55. The summed E-state index contributed by atoms with van der Waals surface area (Å²) in [6.45, 7) is 4.35. The Kier molecular flexibility index (Phi) is 9.64. The maximum atomic E-state index is 12.4. The second-order valence-corrected chi connectivity index (χ2v) is 12.6. The number of nitrogens with zero attached hydrogens (tertiary/aromatic N) is 2. The first-order valence-corrected chi connectivity index (χ1v) is 16.6. The highest BCUT2D eigenvalue weighted by molar-refractivity contribution is 6.29. The zero-order chi connectivity index (χ0) is 33.0. The van der Waals surface area contributed by atoms with Crippen molar-refractivity contribution in [1.29, 1.82) is 0 Å². The molecule has 2 aromatic carbocycles. The Morgan fingerprint density at radius 3 is 1.62 bits per heavy atom. The smallest absolute Gasteiger partial charge is 0.255 e. The van der Waals surface area contributed by atoms with E-state index in [-0.39, 0.29) is 24.0 Å². The van der Waals surface area contributed by atoms with Crippen molar-refractivity contribution in [3.05, 3.63) is 113 Å². The maximum Gasteiger partial charge on any atom is 0.255 e. The zero-order valence-corrected chi connectivity index (χ0v) is 27.2. The Labute approximate surface area is 283 Å². The molecule has 0 unspecified atom stereocenters. The van der Waals surface area contributed by atoms with Crippen LogP contribution in [0.2, 0.25) is 5.15 Å². The van der Waals surface area contributed by atoms with Crippen molar-refractivity contribution in [2.24, 2.45) is 0 Å². The normalized spacial score (nSPS) is 24.9. The van der Waals surface area contributed by atoms with Gasteiger partial charge in [-0.25, -0.2) is 9.97 Å². The molecule has 248 valence electrons. The van der Waals surface area contributed by atoms with Crippen LogP contribution < -0.4 is 26.0 Å². The standard InChI is InChI=1S/C19H21N3O3.C17H16ClN3O2/c1-2-24-17-8-7-14(10-21-17)22-19(23)13-5-3-12(4-6-13)18-16-9-15(25-18)11-20-16;18-15-6-5-12(8-20-15)21-17(22)11-3-1-10(2-4-11)16-14-7-13(23-16)9-19-14/h3-8,10,15-16,18,20H,2,9,11H2,1H3,(H,22,23);1-6,8,13-14,16,19H,7,9H2,(H,21,22)/t15-,16-,18+;13-,14-,16+/m11/s1. The number of morpholine rings is 2. The van der Waals surface area contributed by atoms with Gasteiger partial charge in [0.05, 0.1) is 54.8 Å². The molecule has 48 heavy (non-hydrogen) atoms. The van der Waals surface area contributed by atoms with E-state index < -0.39 is 0 Å². The first kappa shape index (κ1) is 32.2. The molecule has 0 saturated carbocycles. The summed E-state index contributed by atoms with van der Waals surface area (Å²) in [6, 6.07) is 22.8. The Morgan fingerprint density at radius 2 is 1.25 bits per heavy atom. The summed E-state index contributed by atoms with van der Waals surface area (Å²) in [5, 5.41) is 13.0. The van der Waals surface area contributed by atoms with E-state index in [1.54, 1.807) is 30.5 Å². The van der Waals surface area contributed by atoms with E-state index in [1.807, 2.05) is 55.5 Å². The van der Waals surface area contributed by atoms with Crippen LogP contribution in [0.1, 0.15) is 63.8 Å². The third kappa shape index (κ3) is 7.35. The number of carbonyl (C=O) groups is 2. The van der Waals surface area contributed by atoms with E-state index in [2.05, 4.69) is 31.2 Å². The quantitative estimate of drug-likeness (QED) is 0.184. The lowest BCUT2D eigenvalue weighted by atomic mass is 10.0. The van der Waals surface area contributed by atoms with Crippen LogP contribution in [-0.2, 0) is 9.47 Å². The lowest BCUT2D eigenvalue weighted by molar-refractivity contribution is 0.0159. The number of amides is 2. The maximum absolute atomic E-state index is 12.4. The Hall–Kier alpha value is -4.39. The summed E-state index contributed by atoms with van der Waals surface area (Å²) in [7, 11) is 0. The molecule has 6 heterocycles. The topological polar surface area (TPSA) is 136 Å². The number of halogens is 1. The lowest BCUT2D eigenvalue weighted by Gasteiger charge is -2.23. The largest absolute Gasteiger partial charge is 0.478 e. The first-order chi connectivity index (χ1) is 23.4. The molecule has 4 aliphatic rings. The molecule has 4 N–H and O–H groups in total. The van der Waals surface area contributed by atoms with Crippen molar-refractivity contribution in [3.63, 3.8) is 0 Å². The van der Waals surface area contributed by atoms with Gasteiger partial charge in [0.15, 0.2) is 0 Å². The van der Waals surface area contributed by atoms with Crippen molar-refractivity contribution in [1.82, 2.24) is 20.6 Å². The number of carbonyl (C=O) groups excluding carboxylic acids is 2. The predicted octanol–water partition coefficient (Wildman–Crippen LogP) is 5.32. The molecular weight excluding hydrogens is 632 g/mol. The number of hydrogen-bond donors (Lipinski definition) is 4. The average molecular weight is 669 g/mol. The van der Waals surface area contributed by atoms with E-state index >= 15 is 0 Å². The minimum atomic E-state index is -0.173. The summed E-state index contributed by atoms with van der Waals surface area (Å²) in [4.78, 5) is 32.7. The molecule has 4 fully saturated rings. The van der Waals surface area contributed by atoms with Crippen LogP contribution in [0.5, 0.6) is 5.88 Å². The summed E-state index contributed by atoms with van der Waals surface area (Å²) < 4.78 is 17.3. The van der Waals surface area contributed by atoms with Crippen LogP contribution in [0.15, 0.2) is 85.2 Å². The van der Waals surface area contributed by atoms with Crippen LogP contribution in [0, 0.1) is 0 Å². The zero-order valence-electron chi connectivity index (χ0n) is 26.4. The summed E-state index contributed by atoms with van der Waals surface area (Å²) >= 11 is 5.73. The second-order valence-electron chi connectivity index (χ2n) is 12.2. The number of aromatic nitrogens is 2. The van der Waals surface area contributed by atoms with Gasteiger partial charge in [0.2, 0.25) is 5.88 Å². The molecule has 8 rings (SSSR count). The number of benzene rings is 2. The van der Waals surface area contributed by atoms with Crippen LogP contribution in [-0.4, -0.2) is 65.8 Å². The van der Waals surface area contributed by atoms with Crippen molar-refractivity contribution < 1.29 is 23.8 Å². The second kappa shape index (κ2) is 14.4. The molecule has 4 aliphatic heterocycles. The van der Waals surface area contributed by atoms with Gasteiger partial charge in [-0.3, -0.25) is 9.59 Å². The van der Waals surface area contributed by atoms with Gasteiger partial charge in [0.1, 0.15) is 5.15 Å². The molecule has 2 amide bonds. The molecule has 12 heteroatoms. The molecule has 4 saturated heterocycles. The van der Waals surface area contributed by atoms with Gasteiger partial charge in [-0.2, -0.15) is 0 Å². The van der Waals surface area contributed by atoms with Crippen molar-refractivity contribution >= 4 is 34.8 Å². The first-order valence-electron chi connectivity index (χ1n) is 16.2. The van der Waals surface area contributed by atoms with E-state index in [1.165, 1.54) is 6.20 Å². The van der Waals surface area contributed by atoms with E-state index in [0.29, 0.717) is 64.4 Å². The Balaban J connectivity index is 0.000000152. The summed E-state index contributed by atoms with van der Waals surface area (Å²) in [6.07, 6.45) is 6.08. The molecule has 4 bridgehead atoms. The van der Waals surface area contributed by atoms with Crippen LogP contribution >= 0.6 is 11.6 Å². The lowest BCUT2D eigenvalue weighted by Crippen LogP contribution is -2.34. The molecule has 6 atom stereocenters. The van der Waals surface area contributed by atoms with E-state index in [0.717, 1.165) is 37.1 Å². The highest BCUT2D eigenvalue weighted by Gasteiger charge is 2.42. The van der Waals surface area contributed by atoms with Gasteiger partial charge < -0.3 is 35.5 Å². The predicted molar refractivity (Wildman–Crippen MR) is 181 cm³/mol. The molecule has 2 aromatic heterocycles. The Morgan fingerprint density at radius 1 is 0.750 bits per heavy atom. The molecule has 0 radical (unpaired) electrons. The van der Waals surface area contributed by atoms with Crippen LogP contribution in [0.25, 0.3) is 0 Å². The molecule has 11 nitrogen and oxygen atoms in total. The number of rotatable bonds is 8. The third-order valence-corrected chi connectivity index (χ3v) is 9.16. The third-order valence-electron chi connectivity index (χ3n) is 8.93. The van der Waals surface area contributed by atoms with Crippen LogP contribution in [0.3, 0.4) is 0 Å². The summed E-state index contributed by atoms with van der Waals surface area (Å²) in [5.74, 6) is 0.210. The van der Waals surface area contributed by atoms with Crippen LogP contribution in [0.4, 0.5) is 11.4 Å². The fourth-order valence-corrected chi connectivity index (χ4v) is 6.66. The average Bonchev–Trinajstić information content (AvgIpc) is 3.95. The minimum Gasteiger partial charge on any atom is -0.478 e. The summed E-state index contributed by atoms with van der Waals surface area (Å²) in [5.41, 5.74) is 4.67. The van der Waals surface area contributed by atoms with E-state index in [9.17, 15) is 9.59 Å². The number of hydrogen-bond acceptors (Lipinski definition) is 9. The van der Waals surface area contributed by atoms with Gasteiger partial charge in [0.25, 0.3) is 11.8 Å². The van der Waals surface area contributed by atoms with Gasteiger partial charge in [0, 0.05) is 42.4 Å². The minimum absolute atomic E-state index is 0.0890. The van der Waals surface area contributed by atoms with Gasteiger partial charge >= 0.3 is 0 Å².